The van der Waals surface area contributed by atoms with E-state index in [1.165, 1.54) is 28.5 Å². The van der Waals surface area contributed by atoms with Crippen LogP contribution in [0.2, 0.25) is 0 Å². The second-order valence-electron chi connectivity index (χ2n) is 5.53. The Bertz CT molecular complexity index is 861. The van der Waals surface area contributed by atoms with Crippen molar-refractivity contribution in [1.82, 2.24) is 15.0 Å². The molecule has 0 amide bonds. The van der Waals surface area contributed by atoms with Gasteiger partial charge in [0.25, 0.3) is 0 Å². The molecule has 3 aromatic rings. The van der Waals surface area contributed by atoms with Crippen LogP contribution in [0.5, 0.6) is 0 Å². The largest absolute Gasteiger partial charge is 0.397 e. The Morgan fingerprint density at radius 3 is 2.64 bits per heavy atom. The van der Waals surface area contributed by atoms with Crippen LogP contribution in [0.1, 0.15) is 27.7 Å². The predicted molar refractivity (Wildman–Crippen MR) is 97.5 cm³/mol. The molecule has 25 heavy (non-hydrogen) atoms. The number of rotatable bonds is 5. The van der Waals surface area contributed by atoms with Crippen molar-refractivity contribution < 1.29 is 4.39 Å². The van der Waals surface area contributed by atoms with Crippen molar-refractivity contribution in [3.63, 3.8) is 0 Å². The molecule has 2 aromatic heterocycles. The number of hydrazine groups is 1. The fourth-order valence-electron chi connectivity index (χ4n) is 2.52. The molecular weight excluding hydrogens is 337 g/mol. The SMILES string of the molecule is Cc1ncsc1C(c1ccc(F)cc1)N(N)/C=C(\N)c1cccnc1. The zero-order chi connectivity index (χ0) is 17.8. The average molecular weight is 355 g/mol. The molecule has 1 atom stereocenters. The normalized spacial score (nSPS) is 12.8. The van der Waals surface area contributed by atoms with Gasteiger partial charge in [0.1, 0.15) is 11.9 Å². The van der Waals surface area contributed by atoms with E-state index in [4.69, 9.17) is 11.6 Å². The standard InChI is InChI=1S/C18H18FN5S/c1-12-18(25-11-23-12)17(13-4-6-15(19)7-5-13)24(21)10-16(20)14-3-2-8-22-9-14/h2-11,17H,20-21H2,1H3/b16-10-. The molecule has 0 saturated carbocycles. The molecule has 0 spiro atoms. The molecule has 1 unspecified atom stereocenters. The fourth-order valence-corrected chi connectivity index (χ4v) is 3.45. The van der Waals surface area contributed by atoms with Crippen molar-refractivity contribution in [3.05, 3.63) is 88.0 Å². The molecule has 0 aliphatic carbocycles. The number of hydrogen-bond acceptors (Lipinski definition) is 6. The predicted octanol–water partition coefficient (Wildman–Crippen LogP) is 3.21. The zero-order valence-electron chi connectivity index (χ0n) is 13.6. The fraction of sp³-hybridized carbons (Fsp3) is 0.111. The summed E-state index contributed by atoms with van der Waals surface area (Å²) >= 11 is 1.50. The van der Waals surface area contributed by atoms with Crippen LogP contribution in [0.3, 0.4) is 0 Å². The number of aryl methyl sites for hydroxylation is 1. The van der Waals surface area contributed by atoms with E-state index >= 15 is 0 Å². The van der Waals surface area contributed by atoms with Gasteiger partial charge in [0.2, 0.25) is 0 Å². The van der Waals surface area contributed by atoms with Gasteiger partial charge in [0, 0.05) is 24.2 Å². The van der Waals surface area contributed by atoms with Crippen LogP contribution in [0.25, 0.3) is 5.70 Å². The van der Waals surface area contributed by atoms with E-state index < -0.39 is 0 Å². The molecule has 5 nitrogen and oxygen atoms in total. The Labute approximate surface area is 149 Å². The van der Waals surface area contributed by atoms with Gasteiger partial charge in [-0.2, -0.15) is 0 Å². The van der Waals surface area contributed by atoms with Gasteiger partial charge >= 0.3 is 0 Å². The molecule has 1 aromatic carbocycles. The number of thiazole rings is 1. The third kappa shape index (κ3) is 3.84. The Balaban J connectivity index is 1.99. The smallest absolute Gasteiger partial charge is 0.123 e. The minimum absolute atomic E-state index is 0.294. The quantitative estimate of drug-likeness (QED) is 0.542. The van der Waals surface area contributed by atoms with Crippen LogP contribution in [0, 0.1) is 12.7 Å². The lowest BCUT2D eigenvalue weighted by Crippen LogP contribution is -2.32. The van der Waals surface area contributed by atoms with Crippen LogP contribution in [0.4, 0.5) is 4.39 Å². The van der Waals surface area contributed by atoms with E-state index in [0.717, 1.165) is 21.7 Å². The van der Waals surface area contributed by atoms with Crippen molar-refractivity contribution in [2.75, 3.05) is 0 Å². The lowest BCUT2D eigenvalue weighted by molar-refractivity contribution is 0.333. The van der Waals surface area contributed by atoms with Crippen LogP contribution in [0.15, 0.2) is 60.5 Å². The molecule has 2 heterocycles. The summed E-state index contributed by atoms with van der Waals surface area (Å²) in [5.41, 5.74) is 10.9. The number of halogens is 1. The number of aromatic nitrogens is 2. The van der Waals surface area contributed by atoms with Gasteiger partial charge < -0.3 is 10.7 Å². The van der Waals surface area contributed by atoms with E-state index in [1.54, 1.807) is 36.2 Å². The van der Waals surface area contributed by atoms with Gasteiger partial charge in [0.15, 0.2) is 0 Å². The van der Waals surface area contributed by atoms with Gasteiger partial charge in [-0.25, -0.2) is 15.2 Å². The maximum Gasteiger partial charge on any atom is 0.123 e. The summed E-state index contributed by atoms with van der Waals surface area (Å²) in [5.74, 6) is 6.03. The van der Waals surface area contributed by atoms with Gasteiger partial charge in [0.05, 0.1) is 21.8 Å². The zero-order valence-corrected chi connectivity index (χ0v) is 14.4. The number of nitrogens with two attached hydrogens (primary N) is 2. The molecule has 0 saturated heterocycles. The van der Waals surface area contributed by atoms with Crippen LogP contribution < -0.4 is 11.6 Å². The van der Waals surface area contributed by atoms with Crippen molar-refractivity contribution in [2.45, 2.75) is 13.0 Å². The highest BCUT2D eigenvalue weighted by Gasteiger charge is 2.22. The van der Waals surface area contributed by atoms with E-state index in [2.05, 4.69) is 9.97 Å². The monoisotopic (exact) mass is 355 g/mol. The number of pyridine rings is 1. The van der Waals surface area contributed by atoms with Crippen molar-refractivity contribution >= 4 is 17.0 Å². The Kier molecular flexibility index (Phi) is 5.06. The summed E-state index contributed by atoms with van der Waals surface area (Å²) in [6.07, 6.45) is 5.01. The Morgan fingerprint density at radius 1 is 1.28 bits per heavy atom. The van der Waals surface area contributed by atoms with Crippen molar-refractivity contribution in [1.29, 1.82) is 0 Å². The van der Waals surface area contributed by atoms with Gasteiger partial charge in [-0.3, -0.25) is 4.98 Å². The molecule has 128 valence electrons. The number of benzene rings is 1. The lowest BCUT2D eigenvalue weighted by Gasteiger charge is -2.27. The minimum atomic E-state index is -0.316. The highest BCUT2D eigenvalue weighted by atomic mass is 32.1. The van der Waals surface area contributed by atoms with Crippen molar-refractivity contribution in [3.8, 4) is 0 Å². The first-order chi connectivity index (χ1) is 12.1. The first-order valence-corrected chi connectivity index (χ1v) is 8.50. The van der Waals surface area contributed by atoms with E-state index in [9.17, 15) is 4.39 Å². The van der Waals surface area contributed by atoms with Gasteiger partial charge in [-0.15, -0.1) is 11.3 Å². The first kappa shape index (κ1) is 17.1. The van der Waals surface area contributed by atoms with Crippen molar-refractivity contribution in [2.24, 2.45) is 11.6 Å². The topological polar surface area (TPSA) is 81.1 Å². The van der Waals surface area contributed by atoms with Gasteiger partial charge in [-0.05, 0) is 36.8 Å². The molecule has 0 aliphatic rings. The summed E-state index contributed by atoms with van der Waals surface area (Å²) in [7, 11) is 0. The summed E-state index contributed by atoms with van der Waals surface area (Å²) in [6.45, 7) is 1.92. The molecule has 0 radical (unpaired) electrons. The average Bonchev–Trinajstić information content (AvgIpc) is 3.03. The molecular formula is C18H18FN5S. The van der Waals surface area contributed by atoms with E-state index in [0.29, 0.717) is 5.70 Å². The number of nitrogens with zero attached hydrogens (tertiary/aromatic N) is 3. The summed E-state index contributed by atoms with van der Waals surface area (Å²) in [5, 5.41) is 1.52. The highest BCUT2D eigenvalue weighted by molar-refractivity contribution is 7.09. The number of hydrogen-bond donors (Lipinski definition) is 2. The second-order valence-corrected chi connectivity index (χ2v) is 6.42. The summed E-state index contributed by atoms with van der Waals surface area (Å²) < 4.78 is 13.3. The molecule has 0 fully saturated rings. The van der Waals surface area contributed by atoms with Gasteiger partial charge in [-0.1, -0.05) is 12.1 Å². The second kappa shape index (κ2) is 7.42. The van der Waals surface area contributed by atoms with Crippen LogP contribution >= 0.6 is 11.3 Å². The molecule has 3 rings (SSSR count). The van der Waals surface area contributed by atoms with E-state index in [-0.39, 0.29) is 11.9 Å². The molecule has 7 heteroatoms. The molecule has 0 bridgehead atoms. The maximum absolute atomic E-state index is 13.3. The lowest BCUT2D eigenvalue weighted by atomic mass is 10.0. The third-order valence-electron chi connectivity index (χ3n) is 3.80. The van der Waals surface area contributed by atoms with Crippen LogP contribution in [-0.4, -0.2) is 15.0 Å². The summed E-state index contributed by atoms with van der Waals surface area (Å²) in [4.78, 5) is 9.34. The van der Waals surface area contributed by atoms with Crippen LogP contribution in [-0.2, 0) is 0 Å². The molecule has 4 N–H and O–H groups in total. The minimum Gasteiger partial charge on any atom is -0.397 e. The van der Waals surface area contributed by atoms with E-state index in [1.807, 2.05) is 19.1 Å². The third-order valence-corrected chi connectivity index (χ3v) is 4.78. The first-order valence-electron chi connectivity index (χ1n) is 7.62. The Morgan fingerprint density at radius 2 is 2.04 bits per heavy atom. The Hall–Kier alpha value is -2.77. The summed E-state index contributed by atoms with van der Waals surface area (Å²) in [6, 6.07) is 9.62. The molecule has 0 aliphatic heterocycles. The maximum atomic E-state index is 13.3. The highest BCUT2D eigenvalue weighted by Crippen LogP contribution is 2.32.